The number of nitrogens with one attached hydrogen (secondary N) is 1. The van der Waals surface area contributed by atoms with Gasteiger partial charge in [0.15, 0.2) is 6.61 Å². The first-order chi connectivity index (χ1) is 13.9. The van der Waals surface area contributed by atoms with Crippen LogP contribution in [0.4, 0.5) is 5.69 Å². The Morgan fingerprint density at radius 1 is 1.07 bits per heavy atom. The Morgan fingerprint density at radius 2 is 1.76 bits per heavy atom. The van der Waals surface area contributed by atoms with E-state index in [2.05, 4.69) is 72.4 Å². The normalized spacial score (nSPS) is 14.9. The fourth-order valence-electron chi connectivity index (χ4n) is 3.53. The van der Waals surface area contributed by atoms with Crippen molar-refractivity contribution in [3.05, 3.63) is 59.2 Å². The lowest BCUT2D eigenvalue weighted by atomic mass is 10.0. The van der Waals surface area contributed by atoms with E-state index in [0.717, 1.165) is 48.6 Å². The second-order valence-corrected chi connectivity index (χ2v) is 8.22. The van der Waals surface area contributed by atoms with Crippen LogP contribution in [0.1, 0.15) is 36.5 Å². The van der Waals surface area contributed by atoms with Crippen LogP contribution in [-0.4, -0.2) is 50.6 Å². The average Bonchev–Trinajstić information content (AvgIpc) is 2.71. The van der Waals surface area contributed by atoms with Crippen molar-refractivity contribution in [3.8, 4) is 5.75 Å². The zero-order valence-corrected chi connectivity index (χ0v) is 18.1. The van der Waals surface area contributed by atoms with E-state index in [1.165, 1.54) is 5.69 Å². The summed E-state index contributed by atoms with van der Waals surface area (Å²) in [6.07, 6.45) is 0. The van der Waals surface area contributed by atoms with Gasteiger partial charge in [-0.1, -0.05) is 38.1 Å². The van der Waals surface area contributed by atoms with E-state index >= 15 is 0 Å². The van der Waals surface area contributed by atoms with Gasteiger partial charge in [0.2, 0.25) is 0 Å². The van der Waals surface area contributed by atoms with Crippen molar-refractivity contribution < 1.29 is 9.53 Å². The van der Waals surface area contributed by atoms with Crippen LogP contribution in [0.2, 0.25) is 0 Å². The van der Waals surface area contributed by atoms with E-state index in [9.17, 15) is 4.79 Å². The zero-order valence-electron chi connectivity index (χ0n) is 18.1. The second kappa shape index (κ2) is 9.79. The van der Waals surface area contributed by atoms with Gasteiger partial charge in [-0.05, 0) is 54.8 Å². The van der Waals surface area contributed by atoms with E-state index in [1.54, 1.807) is 0 Å². The summed E-state index contributed by atoms with van der Waals surface area (Å²) >= 11 is 0. The number of likely N-dealkylation sites (N-methyl/N-ethyl adjacent to an activating group) is 1. The molecule has 1 aliphatic heterocycles. The molecule has 1 amide bonds. The fourth-order valence-corrected chi connectivity index (χ4v) is 3.53. The van der Waals surface area contributed by atoms with E-state index < -0.39 is 0 Å². The van der Waals surface area contributed by atoms with Crippen molar-refractivity contribution in [2.45, 2.75) is 33.2 Å². The summed E-state index contributed by atoms with van der Waals surface area (Å²) < 4.78 is 5.81. The summed E-state index contributed by atoms with van der Waals surface area (Å²) in [6, 6.07) is 14.6. The number of hydrogen-bond acceptors (Lipinski definition) is 4. The molecule has 5 heteroatoms. The molecule has 0 saturated carbocycles. The molecule has 0 aliphatic carbocycles. The molecular formula is C24H33N3O2. The van der Waals surface area contributed by atoms with E-state index in [-0.39, 0.29) is 12.5 Å². The predicted molar refractivity (Wildman–Crippen MR) is 119 cm³/mol. The molecule has 5 nitrogen and oxygen atoms in total. The number of amides is 1. The molecule has 2 aromatic rings. The van der Waals surface area contributed by atoms with Crippen molar-refractivity contribution in [3.63, 3.8) is 0 Å². The first kappa shape index (κ1) is 21.2. The highest BCUT2D eigenvalue weighted by atomic mass is 16.5. The molecule has 0 atom stereocenters. The van der Waals surface area contributed by atoms with Crippen LogP contribution in [0.5, 0.6) is 5.75 Å². The lowest BCUT2D eigenvalue weighted by Crippen LogP contribution is -2.44. The topological polar surface area (TPSA) is 44.8 Å². The Hall–Kier alpha value is -2.53. The number of benzene rings is 2. The number of aryl methyl sites for hydroxylation is 1. The summed E-state index contributed by atoms with van der Waals surface area (Å²) in [5.74, 6) is 1.04. The van der Waals surface area contributed by atoms with Crippen LogP contribution in [0.15, 0.2) is 42.5 Å². The quantitative estimate of drug-likeness (QED) is 0.779. The molecule has 156 valence electrons. The van der Waals surface area contributed by atoms with Crippen LogP contribution in [0, 0.1) is 6.92 Å². The number of ether oxygens (including phenoxy) is 1. The maximum atomic E-state index is 12.3. The lowest BCUT2D eigenvalue weighted by molar-refractivity contribution is -0.123. The number of piperazine rings is 1. The van der Waals surface area contributed by atoms with Crippen LogP contribution < -0.4 is 15.0 Å². The molecule has 1 saturated heterocycles. The Morgan fingerprint density at radius 3 is 2.41 bits per heavy atom. The van der Waals surface area contributed by atoms with Crippen LogP contribution in [0.25, 0.3) is 0 Å². The summed E-state index contributed by atoms with van der Waals surface area (Å²) in [4.78, 5) is 17.0. The minimum atomic E-state index is -0.107. The van der Waals surface area contributed by atoms with Crippen molar-refractivity contribution in [2.24, 2.45) is 0 Å². The summed E-state index contributed by atoms with van der Waals surface area (Å²) in [5.41, 5.74) is 4.60. The highest BCUT2D eigenvalue weighted by Crippen LogP contribution is 2.27. The van der Waals surface area contributed by atoms with Crippen molar-refractivity contribution in [1.82, 2.24) is 10.2 Å². The highest BCUT2D eigenvalue weighted by molar-refractivity contribution is 5.77. The molecule has 1 heterocycles. The summed E-state index contributed by atoms with van der Waals surface area (Å²) in [7, 11) is 2.16. The Bertz CT molecular complexity index is 809. The standard InChI is InChI=1S/C24H33N3O2/c1-18(2)22-10-5-19(3)15-23(22)29-17-24(28)25-16-20-6-8-21(9-7-20)27-13-11-26(4)12-14-27/h5-10,15,18H,11-14,16-17H2,1-4H3,(H,25,28). The van der Waals surface area contributed by atoms with Gasteiger partial charge >= 0.3 is 0 Å². The van der Waals surface area contributed by atoms with Gasteiger partial charge in [0.25, 0.3) is 5.91 Å². The van der Waals surface area contributed by atoms with Crippen LogP contribution in [-0.2, 0) is 11.3 Å². The Kier molecular flexibility index (Phi) is 7.15. The molecule has 0 aromatic heterocycles. The largest absolute Gasteiger partial charge is 0.483 e. The Balaban J connectivity index is 1.48. The number of rotatable bonds is 7. The molecule has 0 spiro atoms. The first-order valence-electron chi connectivity index (χ1n) is 10.4. The zero-order chi connectivity index (χ0) is 20.8. The van der Waals surface area contributed by atoms with Crippen molar-refractivity contribution in [2.75, 3.05) is 44.7 Å². The minimum absolute atomic E-state index is 0.0303. The predicted octanol–water partition coefficient (Wildman–Crippen LogP) is 3.57. The van der Waals surface area contributed by atoms with Crippen LogP contribution in [0.3, 0.4) is 0 Å². The smallest absolute Gasteiger partial charge is 0.258 e. The molecule has 1 fully saturated rings. The molecule has 0 unspecified atom stereocenters. The third kappa shape index (κ3) is 5.97. The Labute approximate surface area is 174 Å². The van der Waals surface area contributed by atoms with Gasteiger partial charge in [0, 0.05) is 38.4 Å². The molecule has 0 bridgehead atoms. The number of carbonyl (C=O) groups is 1. The lowest BCUT2D eigenvalue weighted by Gasteiger charge is -2.34. The maximum Gasteiger partial charge on any atom is 0.258 e. The van der Waals surface area contributed by atoms with E-state index in [1.807, 2.05) is 13.0 Å². The molecule has 0 radical (unpaired) electrons. The monoisotopic (exact) mass is 395 g/mol. The van der Waals surface area contributed by atoms with Gasteiger partial charge in [0.1, 0.15) is 5.75 Å². The molecular weight excluding hydrogens is 362 g/mol. The molecule has 29 heavy (non-hydrogen) atoms. The summed E-state index contributed by atoms with van der Waals surface area (Å²) in [6.45, 7) is 11.1. The van der Waals surface area contributed by atoms with E-state index in [0.29, 0.717) is 12.5 Å². The maximum absolute atomic E-state index is 12.3. The average molecular weight is 396 g/mol. The molecule has 1 aliphatic rings. The number of nitrogens with zero attached hydrogens (tertiary/aromatic N) is 2. The second-order valence-electron chi connectivity index (χ2n) is 8.22. The number of carbonyl (C=O) groups excluding carboxylic acids is 1. The minimum Gasteiger partial charge on any atom is -0.483 e. The van der Waals surface area contributed by atoms with Crippen LogP contribution >= 0.6 is 0 Å². The van der Waals surface area contributed by atoms with Gasteiger partial charge in [-0.3, -0.25) is 4.79 Å². The number of anilines is 1. The molecule has 1 N–H and O–H groups in total. The van der Waals surface area contributed by atoms with Gasteiger partial charge in [-0.15, -0.1) is 0 Å². The van der Waals surface area contributed by atoms with Gasteiger partial charge in [-0.2, -0.15) is 0 Å². The molecule has 3 rings (SSSR count). The SMILES string of the molecule is Cc1ccc(C(C)C)c(OCC(=O)NCc2ccc(N3CCN(C)CC3)cc2)c1. The van der Waals surface area contributed by atoms with Gasteiger partial charge in [0.05, 0.1) is 0 Å². The summed E-state index contributed by atoms with van der Waals surface area (Å²) in [5, 5.41) is 2.95. The third-order valence-corrected chi connectivity index (χ3v) is 5.44. The van der Waals surface area contributed by atoms with E-state index in [4.69, 9.17) is 4.74 Å². The van der Waals surface area contributed by atoms with Crippen molar-refractivity contribution in [1.29, 1.82) is 0 Å². The third-order valence-electron chi connectivity index (χ3n) is 5.44. The number of hydrogen-bond donors (Lipinski definition) is 1. The molecule has 2 aromatic carbocycles. The first-order valence-corrected chi connectivity index (χ1v) is 10.4. The highest BCUT2D eigenvalue weighted by Gasteiger charge is 2.14. The van der Waals surface area contributed by atoms with Gasteiger partial charge < -0.3 is 19.9 Å². The van der Waals surface area contributed by atoms with Crippen molar-refractivity contribution >= 4 is 11.6 Å². The van der Waals surface area contributed by atoms with Gasteiger partial charge in [-0.25, -0.2) is 0 Å². The fraction of sp³-hybridized carbons (Fsp3) is 0.458.